The molecule has 0 aromatic heterocycles. The molecule has 0 aromatic rings. The Hall–Kier alpha value is -0.640. The Balaban J connectivity index is 2.83. The van der Waals surface area contributed by atoms with E-state index < -0.39 is 0 Å². The number of nitroso groups, excluding NO2 is 1. The summed E-state index contributed by atoms with van der Waals surface area (Å²) in [6.45, 7) is 0. The van der Waals surface area contributed by atoms with Gasteiger partial charge in [-0.2, -0.15) is 0 Å². The van der Waals surface area contributed by atoms with Gasteiger partial charge in [-0.25, -0.2) is 4.84 Å². The molecule has 0 bridgehead atoms. The van der Waals surface area contributed by atoms with Gasteiger partial charge in [-0.3, -0.25) is 0 Å². The Morgan fingerprint density at radius 2 is 2.33 bits per heavy atom. The summed E-state index contributed by atoms with van der Waals surface area (Å²) >= 11 is 0. The summed E-state index contributed by atoms with van der Waals surface area (Å²) in [5.74, 6) is 0. The van der Waals surface area contributed by atoms with Gasteiger partial charge < -0.3 is 0 Å². The highest BCUT2D eigenvalue weighted by atomic mass is 16.7. The smallest absolute Gasteiger partial charge is 0.218 e. The lowest BCUT2D eigenvalue weighted by atomic mass is 11.5. The quantitative estimate of drug-likeness (QED) is 0.366. The molecule has 0 aromatic carbocycles. The van der Waals surface area contributed by atoms with E-state index in [0.29, 0.717) is 4.87 Å². The molecule has 6 heavy (non-hydrogen) atoms. The van der Waals surface area contributed by atoms with Crippen molar-refractivity contribution in [2.45, 2.75) is 0 Å². The van der Waals surface area contributed by atoms with Gasteiger partial charge in [0.2, 0.25) is 7.05 Å². The van der Waals surface area contributed by atoms with E-state index in [9.17, 15) is 4.91 Å². The third kappa shape index (κ3) is 3.36. The maximum absolute atomic E-state index is 9.72. The van der Waals surface area contributed by atoms with Crippen LogP contribution in [0.5, 0.6) is 0 Å². The SMILES string of the molecule is CON[N+](C)=O. The molecule has 0 radical (unpaired) electrons. The largest absolute Gasteiger partial charge is 0.228 e. The minimum Gasteiger partial charge on any atom is -0.228 e. The molecule has 0 atom stereocenters. The van der Waals surface area contributed by atoms with Gasteiger partial charge in [0.25, 0.3) is 0 Å². The predicted molar refractivity (Wildman–Crippen MR) is 19.7 cm³/mol. The molecule has 36 valence electrons. The zero-order chi connectivity index (χ0) is 4.99. The van der Waals surface area contributed by atoms with Gasteiger partial charge in [-0.1, -0.05) is 0 Å². The van der Waals surface area contributed by atoms with Crippen LogP contribution in [0.25, 0.3) is 0 Å². The van der Waals surface area contributed by atoms with Crippen LogP contribution in [0.3, 0.4) is 0 Å². The zero-order valence-electron chi connectivity index (χ0n) is 3.76. The summed E-state index contributed by atoms with van der Waals surface area (Å²) < 4.78 is 0. The van der Waals surface area contributed by atoms with Crippen LogP contribution < -0.4 is 5.59 Å². The number of rotatable bonds is 2. The molecule has 0 amide bonds. The van der Waals surface area contributed by atoms with Crippen molar-refractivity contribution in [3.8, 4) is 0 Å². The van der Waals surface area contributed by atoms with Crippen molar-refractivity contribution < 1.29 is 9.71 Å². The summed E-state index contributed by atoms with van der Waals surface area (Å²) in [5, 5.41) is 0. The van der Waals surface area contributed by atoms with Crippen LogP contribution in [0, 0.1) is 4.91 Å². The molecule has 4 heteroatoms. The zero-order valence-corrected chi connectivity index (χ0v) is 3.76. The summed E-state index contributed by atoms with van der Waals surface area (Å²) in [6.07, 6.45) is 0. The van der Waals surface area contributed by atoms with Crippen molar-refractivity contribution in [3.05, 3.63) is 4.91 Å². The van der Waals surface area contributed by atoms with Crippen molar-refractivity contribution in [3.63, 3.8) is 0 Å². The first kappa shape index (κ1) is 5.36. The summed E-state index contributed by atoms with van der Waals surface area (Å²) in [7, 11) is 2.66. The molecule has 0 fully saturated rings. The Bertz CT molecular complexity index is 53.5. The lowest BCUT2D eigenvalue weighted by Crippen LogP contribution is -2.20. The molecule has 0 saturated heterocycles. The second kappa shape index (κ2) is 2.59. The van der Waals surface area contributed by atoms with Crippen molar-refractivity contribution in [2.24, 2.45) is 0 Å². The van der Waals surface area contributed by atoms with Gasteiger partial charge in [-0.15, -0.1) is 0 Å². The molecule has 0 rings (SSSR count). The topological polar surface area (TPSA) is 41.3 Å². The van der Waals surface area contributed by atoms with E-state index in [4.69, 9.17) is 0 Å². The fourth-order valence-electron chi connectivity index (χ4n) is 0.129. The fraction of sp³-hybridized carbons (Fsp3) is 1.00. The minimum absolute atomic E-state index is 0.458. The van der Waals surface area contributed by atoms with Crippen LogP contribution >= 0.6 is 0 Å². The van der Waals surface area contributed by atoms with E-state index in [-0.39, 0.29) is 0 Å². The van der Waals surface area contributed by atoms with Gasteiger partial charge in [0, 0.05) is 0 Å². The van der Waals surface area contributed by atoms with Crippen molar-refractivity contribution in [1.29, 1.82) is 0 Å². The monoisotopic (exact) mass is 91.1 g/mol. The molecule has 0 saturated carbocycles. The average Bonchev–Trinajstić information content (AvgIpc) is 1.35. The first-order valence-corrected chi connectivity index (χ1v) is 1.47. The summed E-state index contributed by atoms with van der Waals surface area (Å²) in [6, 6.07) is 0. The Labute approximate surface area is 35.6 Å². The third-order valence-corrected chi connectivity index (χ3v) is 0.220. The number of hydrogen-bond donors (Lipinski definition) is 1. The Morgan fingerprint density at radius 1 is 1.83 bits per heavy atom. The minimum atomic E-state index is 0.458. The molecule has 4 nitrogen and oxygen atoms in total. The number of nitrogens with zero attached hydrogens (tertiary/aromatic N) is 1. The highest BCUT2D eigenvalue weighted by Gasteiger charge is 1.85. The van der Waals surface area contributed by atoms with Crippen LogP contribution in [0.4, 0.5) is 0 Å². The number of hydrazine groups is 1. The van der Waals surface area contributed by atoms with E-state index in [1.54, 1.807) is 0 Å². The molecule has 0 aliphatic heterocycles. The molecular weight excluding hydrogens is 84.0 g/mol. The van der Waals surface area contributed by atoms with Gasteiger partial charge in [0.1, 0.15) is 4.87 Å². The molecular formula is C2H7N2O2+. The van der Waals surface area contributed by atoms with E-state index in [0.717, 1.165) is 0 Å². The first-order chi connectivity index (χ1) is 2.77. The second-order valence-corrected chi connectivity index (χ2v) is 0.793. The fourth-order valence-corrected chi connectivity index (χ4v) is 0.129. The van der Waals surface area contributed by atoms with E-state index in [2.05, 4.69) is 4.84 Å². The van der Waals surface area contributed by atoms with Crippen LogP contribution in [-0.4, -0.2) is 19.0 Å². The standard InChI is InChI=1S/C2H7N2O2/c1-4(5)3-6-2/h1-2H3,(H,3,5)/q+1. The first-order valence-electron chi connectivity index (χ1n) is 1.47. The Morgan fingerprint density at radius 3 is 2.33 bits per heavy atom. The highest BCUT2D eigenvalue weighted by Crippen LogP contribution is 1.48. The molecule has 0 unspecified atom stereocenters. The summed E-state index contributed by atoms with van der Waals surface area (Å²) in [5.41, 5.74) is 1.99. The normalized spacial score (nSPS) is 7.67. The molecule has 1 N–H and O–H groups in total. The molecule has 0 aliphatic carbocycles. The number of nitrogens with one attached hydrogen (secondary N) is 1. The van der Waals surface area contributed by atoms with Gasteiger partial charge in [0.05, 0.1) is 12.0 Å². The third-order valence-electron chi connectivity index (χ3n) is 0.220. The van der Waals surface area contributed by atoms with Crippen LogP contribution in [-0.2, 0) is 4.84 Å². The average molecular weight is 91.1 g/mol. The lowest BCUT2D eigenvalue weighted by molar-refractivity contribution is -0.634. The van der Waals surface area contributed by atoms with Gasteiger partial charge in [0.15, 0.2) is 0 Å². The van der Waals surface area contributed by atoms with E-state index in [1.807, 2.05) is 5.59 Å². The lowest BCUT2D eigenvalue weighted by Gasteiger charge is -1.81. The van der Waals surface area contributed by atoms with Crippen LogP contribution in [0.1, 0.15) is 0 Å². The second-order valence-electron chi connectivity index (χ2n) is 0.793. The molecule has 0 spiro atoms. The van der Waals surface area contributed by atoms with Crippen molar-refractivity contribution in [2.75, 3.05) is 14.2 Å². The van der Waals surface area contributed by atoms with Crippen LogP contribution in [0.15, 0.2) is 0 Å². The van der Waals surface area contributed by atoms with E-state index >= 15 is 0 Å². The Kier molecular flexibility index (Phi) is 2.31. The number of hydrogen-bond acceptors (Lipinski definition) is 2. The van der Waals surface area contributed by atoms with Crippen LogP contribution in [0.2, 0.25) is 0 Å². The van der Waals surface area contributed by atoms with Gasteiger partial charge >= 0.3 is 0 Å². The van der Waals surface area contributed by atoms with Crippen molar-refractivity contribution in [1.82, 2.24) is 5.59 Å². The maximum atomic E-state index is 9.72. The highest BCUT2D eigenvalue weighted by molar-refractivity contribution is 3.73. The van der Waals surface area contributed by atoms with Crippen molar-refractivity contribution >= 4 is 0 Å². The van der Waals surface area contributed by atoms with Gasteiger partial charge in [-0.05, 0) is 5.59 Å². The molecule has 0 heterocycles. The predicted octanol–water partition coefficient (Wildman–Crippen LogP) is -0.539. The summed E-state index contributed by atoms with van der Waals surface area (Å²) in [4.78, 5) is 14.3. The van der Waals surface area contributed by atoms with E-state index in [1.165, 1.54) is 14.2 Å². The molecule has 0 aliphatic rings. The maximum Gasteiger partial charge on any atom is 0.218 e.